The summed E-state index contributed by atoms with van der Waals surface area (Å²) in [6.07, 6.45) is 3.11. The fourth-order valence-corrected chi connectivity index (χ4v) is 3.63. The first-order valence-electron chi connectivity index (χ1n) is 9.40. The summed E-state index contributed by atoms with van der Waals surface area (Å²) in [7, 11) is 0. The zero-order valence-corrected chi connectivity index (χ0v) is 17.4. The van der Waals surface area contributed by atoms with Crippen LogP contribution in [-0.4, -0.2) is 32.5 Å². The monoisotopic (exact) mass is 437 g/mol. The summed E-state index contributed by atoms with van der Waals surface area (Å²) >= 11 is 1.18. The van der Waals surface area contributed by atoms with Crippen LogP contribution >= 0.6 is 11.8 Å². The average molecular weight is 437 g/mol. The van der Waals surface area contributed by atoms with E-state index in [4.69, 9.17) is 8.83 Å². The van der Waals surface area contributed by atoms with Crippen molar-refractivity contribution in [2.75, 3.05) is 5.75 Å². The number of amides is 3. The van der Waals surface area contributed by atoms with Gasteiger partial charge in [-0.2, -0.15) is 0 Å². The molecule has 31 heavy (non-hydrogen) atoms. The Balaban J connectivity index is 1.45. The number of urea groups is 1. The van der Waals surface area contributed by atoms with Crippen molar-refractivity contribution in [3.8, 4) is 17.1 Å². The van der Waals surface area contributed by atoms with E-state index in [1.54, 1.807) is 18.4 Å². The van der Waals surface area contributed by atoms with Gasteiger partial charge in [0, 0.05) is 5.69 Å². The van der Waals surface area contributed by atoms with Gasteiger partial charge in [-0.1, -0.05) is 30.0 Å². The number of benzene rings is 1. The zero-order valence-electron chi connectivity index (χ0n) is 16.6. The summed E-state index contributed by atoms with van der Waals surface area (Å²) in [5.74, 6) is 1.45. The minimum Gasteiger partial charge on any atom is -0.469 e. The normalized spacial score (nSPS) is 10.7. The number of hydrogen-bond donors (Lipinski definition) is 2. The van der Waals surface area contributed by atoms with Crippen LogP contribution in [0.1, 0.15) is 11.5 Å². The quantitative estimate of drug-likeness (QED) is 0.425. The van der Waals surface area contributed by atoms with Crippen LogP contribution in [0.4, 0.5) is 4.79 Å². The Labute approximate surface area is 181 Å². The Morgan fingerprint density at radius 1 is 1.03 bits per heavy atom. The van der Waals surface area contributed by atoms with Crippen molar-refractivity contribution in [2.24, 2.45) is 0 Å². The maximum atomic E-state index is 12.2. The minimum atomic E-state index is -0.596. The third kappa shape index (κ3) is 4.86. The van der Waals surface area contributed by atoms with Crippen LogP contribution in [-0.2, 0) is 11.3 Å². The van der Waals surface area contributed by atoms with E-state index in [1.807, 2.05) is 47.9 Å². The molecule has 0 saturated heterocycles. The highest BCUT2D eigenvalue weighted by Crippen LogP contribution is 2.30. The summed E-state index contributed by atoms with van der Waals surface area (Å²) < 4.78 is 12.4. The highest BCUT2D eigenvalue weighted by atomic mass is 32.2. The lowest BCUT2D eigenvalue weighted by Gasteiger charge is -2.10. The van der Waals surface area contributed by atoms with Crippen LogP contribution in [0.3, 0.4) is 0 Å². The predicted octanol–water partition coefficient (Wildman–Crippen LogP) is 3.55. The number of imide groups is 1. The van der Waals surface area contributed by atoms with Crippen molar-refractivity contribution in [3.05, 3.63) is 72.6 Å². The van der Waals surface area contributed by atoms with Crippen molar-refractivity contribution in [1.29, 1.82) is 0 Å². The number of rotatable bonds is 7. The summed E-state index contributed by atoms with van der Waals surface area (Å²) in [6, 6.07) is 14.3. The molecule has 0 unspecified atom stereocenters. The van der Waals surface area contributed by atoms with Crippen LogP contribution in [0, 0.1) is 6.92 Å². The third-order valence-electron chi connectivity index (χ3n) is 4.34. The Hall–Kier alpha value is -3.79. The first-order chi connectivity index (χ1) is 15.1. The molecule has 0 bridgehead atoms. The van der Waals surface area contributed by atoms with Gasteiger partial charge in [0.15, 0.2) is 11.0 Å². The van der Waals surface area contributed by atoms with E-state index in [9.17, 15) is 9.59 Å². The first kappa shape index (κ1) is 20.5. The second-order valence-electron chi connectivity index (χ2n) is 6.47. The molecule has 158 valence electrons. The highest BCUT2D eigenvalue weighted by molar-refractivity contribution is 7.99. The fraction of sp³-hybridized carbons (Fsp3) is 0.143. The molecule has 0 aliphatic rings. The van der Waals surface area contributed by atoms with Gasteiger partial charge >= 0.3 is 6.03 Å². The van der Waals surface area contributed by atoms with E-state index < -0.39 is 11.9 Å². The number of nitrogens with one attached hydrogen (secondary N) is 2. The Morgan fingerprint density at radius 3 is 2.58 bits per heavy atom. The molecule has 2 N–H and O–H groups in total. The Morgan fingerprint density at radius 2 is 1.87 bits per heavy atom. The van der Waals surface area contributed by atoms with Crippen LogP contribution in [0.5, 0.6) is 0 Å². The smallest absolute Gasteiger partial charge is 0.321 e. The maximum Gasteiger partial charge on any atom is 0.321 e. The number of carbonyl (C=O) groups is 2. The SMILES string of the molecule is Cc1occc1-c1nnc(SCC(=O)NC(=O)NCc2ccco2)n1-c1ccccc1. The van der Waals surface area contributed by atoms with Gasteiger partial charge in [-0.05, 0) is 37.3 Å². The van der Waals surface area contributed by atoms with Gasteiger partial charge in [0.25, 0.3) is 0 Å². The molecule has 10 heteroatoms. The molecular formula is C21H19N5O4S. The molecule has 0 spiro atoms. The Kier molecular flexibility index (Phi) is 6.18. The van der Waals surface area contributed by atoms with Crippen LogP contribution in [0.15, 0.2) is 75.0 Å². The fourth-order valence-electron chi connectivity index (χ4n) is 2.88. The Bertz CT molecular complexity index is 1170. The summed E-state index contributed by atoms with van der Waals surface area (Å²) in [4.78, 5) is 24.1. The molecule has 0 aliphatic carbocycles. The lowest BCUT2D eigenvalue weighted by atomic mass is 10.2. The standard InChI is InChI=1S/C21H19N5O4S/c1-14-17(9-11-29-14)19-24-25-21(26(19)15-6-3-2-4-7-15)31-13-18(27)23-20(28)22-12-16-8-5-10-30-16/h2-11H,12-13H2,1H3,(H2,22,23,27,28). The molecule has 3 aromatic heterocycles. The number of thioether (sulfide) groups is 1. The maximum absolute atomic E-state index is 12.2. The zero-order chi connectivity index (χ0) is 21.6. The lowest BCUT2D eigenvalue weighted by molar-refractivity contribution is -0.117. The summed E-state index contributed by atoms with van der Waals surface area (Å²) in [6.45, 7) is 2.04. The molecule has 0 saturated carbocycles. The number of aryl methyl sites for hydroxylation is 1. The molecule has 0 fully saturated rings. The minimum absolute atomic E-state index is 0.0104. The van der Waals surface area contributed by atoms with E-state index in [-0.39, 0.29) is 12.3 Å². The van der Waals surface area contributed by atoms with Crippen molar-refractivity contribution in [1.82, 2.24) is 25.4 Å². The molecule has 3 heterocycles. The number of aromatic nitrogens is 3. The van der Waals surface area contributed by atoms with Crippen LogP contribution < -0.4 is 10.6 Å². The van der Waals surface area contributed by atoms with Crippen molar-refractivity contribution >= 4 is 23.7 Å². The third-order valence-corrected chi connectivity index (χ3v) is 5.27. The van der Waals surface area contributed by atoms with E-state index in [1.165, 1.54) is 18.0 Å². The van der Waals surface area contributed by atoms with Crippen LogP contribution in [0.25, 0.3) is 17.1 Å². The number of nitrogens with zero attached hydrogens (tertiary/aromatic N) is 3. The second-order valence-corrected chi connectivity index (χ2v) is 7.41. The van der Waals surface area contributed by atoms with Crippen LogP contribution in [0.2, 0.25) is 0 Å². The highest BCUT2D eigenvalue weighted by Gasteiger charge is 2.20. The van der Waals surface area contributed by atoms with E-state index in [0.29, 0.717) is 22.5 Å². The van der Waals surface area contributed by atoms with Gasteiger partial charge in [-0.15, -0.1) is 10.2 Å². The number of hydrogen-bond acceptors (Lipinski definition) is 7. The number of carbonyl (C=O) groups excluding carboxylic acids is 2. The molecule has 0 atom stereocenters. The molecule has 0 aliphatic heterocycles. The molecule has 9 nitrogen and oxygen atoms in total. The number of para-hydroxylation sites is 1. The van der Waals surface area contributed by atoms with E-state index in [0.717, 1.165) is 11.3 Å². The van der Waals surface area contributed by atoms with Gasteiger partial charge in [0.05, 0.1) is 30.4 Å². The molecule has 1 aromatic carbocycles. The van der Waals surface area contributed by atoms with Crippen molar-refractivity contribution in [3.63, 3.8) is 0 Å². The first-order valence-corrected chi connectivity index (χ1v) is 10.4. The van der Waals surface area contributed by atoms with Gasteiger partial charge in [-0.3, -0.25) is 14.7 Å². The molecule has 3 amide bonds. The topological polar surface area (TPSA) is 115 Å². The van der Waals surface area contributed by atoms with Gasteiger partial charge in [-0.25, -0.2) is 4.79 Å². The van der Waals surface area contributed by atoms with Crippen molar-refractivity contribution < 1.29 is 18.4 Å². The van der Waals surface area contributed by atoms with Gasteiger partial charge in [0.1, 0.15) is 11.5 Å². The molecule has 4 aromatic rings. The van der Waals surface area contributed by atoms with E-state index in [2.05, 4.69) is 20.8 Å². The summed E-state index contributed by atoms with van der Waals surface area (Å²) in [5, 5.41) is 13.9. The second kappa shape index (κ2) is 9.35. The largest absolute Gasteiger partial charge is 0.469 e. The molecule has 0 radical (unpaired) electrons. The molecule has 4 rings (SSSR count). The summed E-state index contributed by atoms with van der Waals surface area (Å²) in [5.41, 5.74) is 1.66. The predicted molar refractivity (Wildman–Crippen MR) is 114 cm³/mol. The van der Waals surface area contributed by atoms with Crippen molar-refractivity contribution in [2.45, 2.75) is 18.6 Å². The molecular weight excluding hydrogens is 418 g/mol. The van der Waals surface area contributed by atoms with Gasteiger partial charge in [0.2, 0.25) is 5.91 Å². The number of furan rings is 2. The van der Waals surface area contributed by atoms with E-state index >= 15 is 0 Å². The van der Waals surface area contributed by atoms with Gasteiger partial charge < -0.3 is 14.2 Å². The average Bonchev–Trinajstić information content (AvgIpc) is 3.52. The lowest BCUT2D eigenvalue weighted by Crippen LogP contribution is -2.39.